The van der Waals surface area contributed by atoms with Gasteiger partial charge in [-0.05, 0) is 51.6 Å². The van der Waals surface area contributed by atoms with E-state index in [4.69, 9.17) is 15.5 Å². The molecule has 0 aliphatic carbocycles. The fraction of sp³-hybridized carbons (Fsp3) is 0.516. The number of nitrogens with one attached hydrogen (secondary N) is 3. The van der Waals surface area contributed by atoms with Crippen molar-refractivity contribution in [2.75, 3.05) is 67.6 Å². The van der Waals surface area contributed by atoms with Crippen molar-refractivity contribution in [2.24, 2.45) is 0 Å². The molecule has 0 saturated carbocycles. The first kappa shape index (κ1) is 36.7. The van der Waals surface area contributed by atoms with Crippen molar-refractivity contribution >= 4 is 29.2 Å². The molecule has 1 atom stereocenters. The predicted molar refractivity (Wildman–Crippen MR) is 170 cm³/mol. The van der Waals surface area contributed by atoms with Gasteiger partial charge in [0, 0.05) is 87.4 Å². The van der Waals surface area contributed by atoms with Gasteiger partial charge in [-0.2, -0.15) is 6.42 Å². The number of ether oxygens (including phenoxy) is 2. The van der Waals surface area contributed by atoms with Crippen LogP contribution in [0.4, 0.5) is 27.9 Å². The molecular weight excluding hydrogens is 621 g/mol. The van der Waals surface area contributed by atoms with Crippen LogP contribution in [0.5, 0.6) is 0 Å². The molecule has 0 bridgehead atoms. The van der Waals surface area contributed by atoms with Gasteiger partial charge >= 0.3 is 0 Å². The minimum atomic E-state index is -0.421. The number of aromatic nitrogens is 2. The first-order chi connectivity index (χ1) is 19.6. The Hall–Kier alpha value is -2.47. The van der Waals surface area contributed by atoms with Crippen LogP contribution in [0.2, 0.25) is 0 Å². The molecule has 12 heteroatoms. The molecular formula is C31H46N8O3Y-4. The van der Waals surface area contributed by atoms with Crippen LogP contribution in [0.3, 0.4) is 0 Å². The van der Waals surface area contributed by atoms with E-state index in [1.165, 1.54) is 5.69 Å². The Morgan fingerprint density at radius 1 is 1.28 bits per heavy atom. The third kappa shape index (κ3) is 10.3. The topological polar surface area (TPSA) is 130 Å². The fourth-order valence-electron chi connectivity index (χ4n) is 4.74. The summed E-state index contributed by atoms with van der Waals surface area (Å²) in [5.74, 6) is 1.74. The number of anilines is 4. The minimum absolute atomic E-state index is 0. The fourth-order valence-corrected chi connectivity index (χ4v) is 4.74. The molecule has 4 heterocycles. The number of hydrogen-bond acceptors (Lipinski definition) is 9. The number of rotatable bonds is 8. The van der Waals surface area contributed by atoms with Gasteiger partial charge in [-0.1, -0.05) is 31.8 Å². The molecule has 1 unspecified atom stereocenters. The van der Waals surface area contributed by atoms with Crippen LogP contribution in [0, 0.1) is 14.4 Å². The molecule has 3 aliphatic rings. The molecule has 11 nitrogen and oxygen atoms in total. The van der Waals surface area contributed by atoms with Gasteiger partial charge in [-0.3, -0.25) is 4.79 Å². The molecule has 3 N–H and O–H groups in total. The first-order valence-corrected chi connectivity index (χ1v) is 14.2. The van der Waals surface area contributed by atoms with E-state index in [1.54, 1.807) is 0 Å². The van der Waals surface area contributed by atoms with Crippen molar-refractivity contribution in [3.05, 3.63) is 73.3 Å². The maximum absolute atomic E-state index is 9.85. The van der Waals surface area contributed by atoms with Crippen molar-refractivity contribution in [1.29, 1.82) is 0 Å². The van der Waals surface area contributed by atoms with E-state index in [0.29, 0.717) is 38.1 Å². The number of allylic oxidation sites excluding steroid dienone is 1. The zero-order valence-electron chi connectivity index (χ0n) is 26.3. The number of nitrogens with zero attached hydrogens (tertiary/aromatic N) is 5. The number of amides is 1. The largest absolute Gasteiger partial charge is 0.615 e. The molecule has 43 heavy (non-hydrogen) atoms. The number of piperazine rings is 1. The summed E-state index contributed by atoms with van der Waals surface area (Å²) in [5, 5.41) is 10.1. The van der Waals surface area contributed by atoms with Crippen LogP contribution in [0.15, 0.2) is 42.4 Å². The van der Waals surface area contributed by atoms with Crippen molar-refractivity contribution < 1.29 is 47.0 Å². The molecule has 2 fully saturated rings. The number of carbonyl (C=O) groups is 1. The zero-order valence-corrected chi connectivity index (χ0v) is 29.1. The summed E-state index contributed by atoms with van der Waals surface area (Å²) in [6.45, 7) is 18.5. The Labute approximate surface area is 282 Å². The molecule has 2 saturated heterocycles. The van der Waals surface area contributed by atoms with Gasteiger partial charge in [0.15, 0.2) is 0 Å². The number of benzene rings is 1. The Bertz CT molecular complexity index is 1190. The summed E-state index contributed by atoms with van der Waals surface area (Å²) in [5.41, 5.74) is 11.3. The monoisotopic (exact) mass is 667 g/mol. The van der Waals surface area contributed by atoms with Gasteiger partial charge in [-0.25, -0.2) is 9.97 Å². The Balaban J connectivity index is 0.000000720. The van der Waals surface area contributed by atoms with Gasteiger partial charge in [0.05, 0.1) is 24.6 Å². The number of hydrogen-bond donors (Lipinski definition) is 2. The zero-order chi connectivity index (χ0) is 29.5. The Morgan fingerprint density at radius 2 is 1.98 bits per heavy atom. The SMILES string of the molecule is O=C1[N-]CCO1.[CH2-]CC/C=C(\[NH-])N1CC(C)(COC(C)(C)C)c2cnc(Nc3ccc(N4CCNCC4)cc3)nc21.[CH3-].[Y]. The van der Waals surface area contributed by atoms with Crippen LogP contribution < -0.4 is 20.4 Å². The Kier molecular flexibility index (Phi) is 14.1. The van der Waals surface area contributed by atoms with E-state index >= 15 is 0 Å². The third-order valence-corrected chi connectivity index (χ3v) is 7.00. The van der Waals surface area contributed by atoms with Gasteiger partial charge in [0.1, 0.15) is 0 Å². The second-order valence-electron chi connectivity index (χ2n) is 11.6. The summed E-state index contributed by atoms with van der Waals surface area (Å²) < 4.78 is 10.5. The van der Waals surface area contributed by atoms with Crippen molar-refractivity contribution in [3.63, 3.8) is 0 Å². The van der Waals surface area contributed by atoms with Crippen LogP contribution in [0.1, 0.15) is 46.1 Å². The summed E-state index contributed by atoms with van der Waals surface area (Å²) in [4.78, 5) is 23.7. The Morgan fingerprint density at radius 3 is 2.53 bits per heavy atom. The quantitative estimate of drug-likeness (QED) is 0.326. The number of unbranched alkanes of at least 4 members (excludes halogenated alkanes) is 1. The molecule has 3 aliphatic heterocycles. The van der Waals surface area contributed by atoms with Gasteiger partial charge < -0.3 is 55.3 Å². The molecule has 1 aromatic carbocycles. The van der Waals surface area contributed by atoms with Gasteiger partial charge in [-0.15, -0.1) is 0 Å². The molecule has 1 radical (unpaired) electrons. The molecule has 0 spiro atoms. The molecule has 5 rings (SSSR count). The van der Waals surface area contributed by atoms with Crippen molar-refractivity contribution in [3.8, 4) is 0 Å². The van der Waals surface area contributed by atoms with E-state index in [2.05, 4.69) is 89.5 Å². The van der Waals surface area contributed by atoms with E-state index in [0.717, 1.165) is 56.1 Å². The maximum Gasteiger partial charge on any atom is 0.229 e. The normalized spacial score (nSPS) is 19.7. The second-order valence-corrected chi connectivity index (χ2v) is 11.6. The van der Waals surface area contributed by atoms with E-state index in [-0.39, 0.29) is 51.2 Å². The minimum Gasteiger partial charge on any atom is -0.615 e. The standard InChI is InChI=1S/C27H39N7O.C3H5NO2.CH3.Y/c1-6-7-8-23(28)34-18-27(5,19-35-26(2,3)4)22-17-30-25(32-24(22)34)31-20-9-11-21(12-10-20)33-15-13-29-14-16-33;5-3-4-1-2-6-3;;/h8-12,17,28-29H,1,6-7,13-16,18-19H2,2-5H3,(H,30,31,32);1-2H2,(H,4,5);1H3;/q-2;;-1;/p-1/b23-8+;;;. The van der Waals surface area contributed by atoms with Crippen molar-refractivity contribution in [2.45, 2.75) is 51.6 Å². The van der Waals surface area contributed by atoms with Crippen LogP contribution >= 0.6 is 0 Å². The predicted octanol–water partition coefficient (Wildman–Crippen LogP) is 5.99. The summed E-state index contributed by atoms with van der Waals surface area (Å²) in [7, 11) is 0. The first-order valence-electron chi connectivity index (χ1n) is 14.2. The summed E-state index contributed by atoms with van der Waals surface area (Å²) >= 11 is 0. The van der Waals surface area contributed by atoms with Crippen LogP contribution in [0.25, 0.3) is 11.1 Å². The number of cyclic esters (lactones) is 1. The van der Waals surface area contributed by atoms with Crippen LogP contribution in [-0.4, -0.2) is 74.1 Å². The van der Waals surface area contributed by atoms with Crippen molar-refractivity contribution in [1.82, 2.24) is 15.3 Å². The number of fused-ring (bicyclic) bond motifs is 1. The summed E-state index contributed by atoms with van der Waals surface area (Å²) in [6, 6.07) is 8.41. The molecule has 235 valence electrons. The molecule has 1 aromatic heterocycles. The van der Waals surface area contributed by atoms with E-state index in [1.807, 2.05) is 17.2 Å². The van der Waals surface area contributed by atoms with E-state index in [9.17, 15) is 4.79 Å². The summed E-state index contributed by atoms with van der Waals surface area (Å²) in [6.07, 6.45) is 4.90. The molecule has 1 amide bonds. The van der Waals surface area contributed by atoms with Gasteiger partial charge in [0.2, 0.25) is 12.0 Å². The second kappa shape index (κ2) is 16.6. The number of carbonyl (C=O) groups excluding carboxylic acids is 1. The van der Waals surface area contributed by atoms with Gasteiger partial charge in [0.25, 0.3) is 0 Å². The maximum atomic E-state index is 9.85. The smallest absolute Gasteiger partial charge is 0.229 e. The third-order valence-electron chi connectivity index (χ3n) is 7.00. The average molecular weight is 668 g/mol. The molecule has 2 aromatic rings. The average Bonchev–Trinajstić information content (AvgIpc) is 3.56. The van der Waals surface area contributed by atoms with E-state index < -0.39 is 6.09 Å². The van der Waals surface area contributed by atoms with Crippen LogP contribution in [-0.2, 0) is 47.6 Å².